The van der Waals surface area contributed by atoms with Crippen LogP contribution in [0.4, 0.5) is 0 Å². The summed E-state index contributed by atoms with van der Waals surface area (Å²) in [5.74, 6) is 2.11. The highest BCUT2D eigenvalue weighted by Gasteiger charge is 2.10. The summed E-state index contributed by atoms with van der Waals surface area (Å²) in [4.78, 5) is 12.3. The van der Waals surface area contributed by atoms with Gasteiger partial charge in [-0.3, -0.25) is 4.79 Å². The molecule has 0 fully saturated rings. The number of carbonyl (C=O) groups excluding carboxylic acids is 1. The van der Waals surface area contributed by atoms with E-state index in [0.717, 1.165) is 11.3 Å². The second kappa shape index (κ2) is 9.23. The first-order chi connectivity index (χ1) is 13.7. The van der Waals surface area contributed by atoms with Crippen molar-refractivity contribution >= 4 is 12.1 Å². The van der Waals surface area contributed by atoms with E-state index in [1.165, 1.54) is 14.2 Å². The number of carbonyl (C=O) groups is 1. The predicted molar refractivity (Wildman–Crippen MR) is 108 cm³/mol. The number of nitrogens with one attached hydrogen (secondary N) is 1. The molecule has 0 bridgehead atoms. The van der Waals surface area contributed by atoms with Crippen molar-refractivity contribution in [1.29, 1.82) is 0 Å². The Balaban J connectivity index is 1.64. The van der Waals surface area contributed by atoms with Crippen LogP contribution in [0.1, 0.15) is 15.9 Å². The van der Waals surface area contributed by atoms with Gasteiger partial charge >= 0.3 is 0 Å². The molecule has 0 atom stereocenters. The van der Waals surface area contributed by atoms with Crippen molar-refractivity contribution in [2.75, 3.05) is 14.2 Å². The Morgan fingerprint density at radius 1 is 0.857 bits per heavy atom. The van der Waals surface area contributed by atoms with Crippen LogP contribution in [-0.2, 0) is 0 Å². The first-order valence-corrected chi connectivity index (χ1v) is 8.58. The van der Waals surface area contributed by atoms with E-state index in [1.807, 2.05) is 54.6 Å². The average Bonchev–Trinajstić information content (AvgIpc) is 2.74. The summed E-state index contributed by atoms with van der Waals surface area (Å²) in [6, 6.07) is 21.8. The maximum atomic E-state index is 12.3. The van der Waals surface area contributed by atoms with Gasteiger partial charge in [-0.2, -0.15) is 5.10 Å². The minimum Gasteiger partial charge on any atom is -0.493 e. The zero-order chi connectivity index (χ0) is 19.8. The number of ether oxygens (including phenoxy) is 3. The molecule has 3 aromatic carbocycles. The molecule has 1 N–H and O–H groups in total. The fourth-order valence-electron chi connectivity index (χ4n) is 2.49. The van der Waals surface area contributed by atoms with Crippen molar-refractivity contribution in [3.05, 3.63) is 83.9 Å². The van der Waals surface area contributed by atoms with Crippen LogP contribution in [0.2, 0.25) is 0 Å². The average molecular weight is 376 g/mol. The lowest BCUT2D eigenvalue weighted by Crippen LogP contribution is -2.17. The van der Waals surface area contributed by atoms with Crippen molar-refractivity contribution in [2.45, 2.75) is 0 Å². The molecule has 0 saturated heterocycles. The Morgan fingerprint density at radius 2 is 1.61 bits per heavy atom. The van der Waals surface area contributed by atoms with Gasteiger partial charge in [-0.15, -0.1) is 0 Å². The summed E-state index contributed by atoms with van der Waals surface area (Å²) in [7, 11) is 3.06. The summed E-state index contributed by atoms with van der Waals surface area (Å²) in [6.45, 7) is 0. The molecule has 3 aromatic rings. The van der Waals surface area contributed by atoms with Gasteiger partial charge in [-0.25, -0.2) is 5.43 Å². The Hall–Kier alpha value is -3.80. The fraction of sp³-hybridized carbons (Fsp3) is 0.0909. The zero-order valence-corrected chi connectivity index (χ0v) is 15.6. The highest BCUT2D eigenvalue weighted by molar-refractivity contribution is 5.95. The number of nitrogens with zero attached hydrogens (tertiary/aromatic N) is 1. The third-order valence-corrected chi connectivity index (χ3v) is 3.86. The van der Waals surface area contributed by atoms with Gasteiger partial charge in [-0.05, 0) is 48.0 Å². The SMILES string of the molecule is COc1ccc(C(=O)NN=Cc2cccc(Oc3ccccc3)c2)cc1OC. The number of hydrogen-bond acceptors (Lipinski definition) is 5. The van der Waals surface area contributed by atoms with Gasteiger partial charge in [0.05, 0.1) is 20.4 Å². The third-order valence-electron chi connectivity index (χ3n) is 3.86. The van der Waals surface area contributed by atoms with E-state index in [4.69, 9.17) is 14.2 Å². The first-order valence-electron chi connectivity index (χ1n) is 8.58. The standard InChI is InChI=1S/C22H20N2O4/c1-26-20-12-11-17(14-21(20)27-2)22(25)24-23-15-16-7-6-10-19(13-16)28-18-8-4-3-5-9-18/h3-15H,1-2H3,(H,24,25). The molecule has 0 aliphatic carbocycles. The van der Waals surface area contributed by atoms with Crippen molar-refractivity contribution in [3.8, 4) is 23.0 Å². The lowest BCUT2D eigenvalue weighted by Gasteiger charge is -2.08. The van der Waals surface area contributed by atoms with Crippen LogP contribution < -0.4 is 19.6 Å². The highest BCUT2D eigenvalue weighted by atomic mass is 16.5. The lowest BCUT2D eigenvalue weighted by molar-refractivity contribution is 0.0954. The van der Waals surface area contributed by atoms with Gasteiger partial charge in [0.1, 0.15) is 11.5 Å². The molecule has 6 nitrogen and oxygen atoms in total. The summed E-state index contributed by atoms with van der Waals surface area (Å²) >= 11 is 0. The highest BCUT2D eigenvalue weighted by Crippen LogP contribution is 2.27. The molecule has 0 heterocycles. The van der Waals surface area contributed by atoms with E-state index >= 15 is 0 Å². The summed E-state index contributed by atoms with van der Waals surface area (Å²) in [5, 5.41) is 4.01. The number of hydrazone groups is 1. The van der Waals surface area contributed by atoms with E-state index in [1.54, 1.807) is 24.4 Å². The quantitative estimate of drug-likeness (QED) is 0.494. The van der Waals surface area contributed by atoms with E-state index in [9.17, 15) is 4.79 Å². The number of methoxy groups -OCH3 is 2. The van der Waals surface area contributed by atoms with E-state index < -0.39 is 0 Å². The summed E-state index contributed by atoms with van der Waals surface area (Å²) < 4.78 is 16.2. The van der Waals surface area contributed by atoms with Crippen LogP contribution in [-0.4, -0.2) is 26.3 Å². The van der Waals surface area contributed by atoms with Crippen LogP contribution in [0.5, 0.6) is 23.0 Å². The van der Waals surface area contributed by atoms with Crippen LogP contribution >= 0.6 is 0 Å². The van der Waals surface area contributed by atoms with Gasteiger partial charge in [0.2, 0.25) is 0 Å². The minimum atomic E-state index is -0.353. The summed E-state index contributed by atoms with van der Waals surface area (Å²) in [6.07, 6.45) is 1.55. The number of hydrogen-bond donors (Lipinski definition) is 1. The van der Waals surface area contributed by atoms with E-state index in [0.29, 0.717) is 22.8 Å². The normalized spacial score (nSPS) is 10.5. The summed E-state index contributed by atoms with van der Waals surface area (Å²) in [5.41, 5.74) is 3.70. The zero-order valence-electron chi connectivity index (χ0n) is 15.6. The molecule has 6 heteroatoms. The van der Waals surface area contributed by atoms with Crippen LogP contribution in [0, 0.1) is 0 Å². The largest absolute Gasteiger partial charge is 0.493 e. The van der Waals surface area contributed by atoms with Gasteiger partial charge in [-0.1, -0.05) is 30.3 Å². The number of benzene rings is 3. The van der Waals surface area contributed by atoms with Crippen molar-refractivity contribution in [3.63, 3.8) is 0 Å². The predicted octanol–water partition coefficient (Wildman–Crippen LogP) is 4.26. The molecule has 1 amide bonds. The maximum Gasteiger partial charge on any atom is 0.271 e. The van der Waals surface area contributed by atoms with Gasteiger partial charge < -0.3 is 14.2 Å². The molecule has 0 unspecified atom stereocenters. The topological polar surface area (TPSA) is 69.2 Å². The van der Waals surface area contributed by atoms with Crippen LogP contribution in [0.25, 0.3) is 0 Å². The van der Waals surface area contributed by atoms with Gasteiger partial charge in [0, 0.05) is 5.56 Å². The van der Waals surface area contributed by atoms with E-state index in [2.05, 4.69) is 10.5 Å². The monoisotopic (exact) mass is 376 g/mol. The van der Waals surface area contributed by atoms with Crippen LogP contribution in [0.3, 0.4) is 0 Å². The Bertz CT molecular complexity index is 971. The van der Waals surface area contributed by atoms with Gasteiger partial charge in [0.25, 0.3) is 5.91 Å². The Labute approximate surface area is 163 Å². The smallest absolute Gasteiger partial charge is 0.271 e. The molecule has 0 aliphatic rings. The number of amides is 1. The molecule has 0 aliphatic heterocycles. The number of rotatable bonds is 7. The molecule has 0 aromatic heterocycles. The van der Waals surface area contributed by atoms with E-state index in [-0.39, 0.29) is 5.91 Å². The lowest BCUT2D eigenvalue weighted by atomic mass is 10.2. The van der Waals surface area contributed by atoms with Gasteiger partial charge in [0.15, 0.2) is 11.5 Å². The maximum absolute atomic E-state index is 12.3. The molecular weight excluding hydrogens is 356 g/mol. The van der Waals surface area contributed by atoms with Crippen molar-refractivity contribution < 1.29 is 19.0 Å². The molecular formula is C22H20N2O4. The molecule has 28 heavy (non-hydrogen) atoms. The Kier molecular flexibility index (Phi) is 6.25. The molecule has 0 saturated carbocycles. The van der Waals surface area contributed by atoms with Crippen LogP contribution in [0.15, 0.2) is 77.9 Å². The molecule has 0 radical (unpaired) electrons. The minimum absolute atomic E-state index is 0.353. The fourth-order valence-corrected chi connectivity index (χ4v) is 2.49. The van der Waals surface area contributed by atoms with Crippen molar-refractivity contribution in [2.24, 2.45) is 5.10 Å². The first kappa shape index (κ1) is 19.0. The third kappa shape index (κ3) is 4.88. The Morgan fingerprint density at radius 3 is 2.36 bits per heavy atom. The second-order valence-corrected chi connectivity index (χ2v) is 5.76. The number of para-hydroxylation sites is 1. The molecule has 142 valence electrons. The van der Waals surface area contributed by atoms with Crippen molar-refractivity contribution in [1.82, 2.24) is 5.43 Å². The second-order valence-electron chi connectivity index (χ2n) is 5.76. The molecule has 0 spiro atoms. The molecule has 3 rings (SSSR count).